The van der Waals surface area contributed by atoms with Gasteiger partial charge in [0.25, 0.3) is 0 Å². The van der Waals surface area contributed by atoms with E-state index < -0.39 is 0 Å². The fourth-order valence-electron chi connectivity index (χ4n) is 3.58. The molecule has 0 saturated carbocycles. The van der Waals surface area contributed by atoms with Gasteiger partial charge in [-0.3, -0.25) is 5.32 Å². The van der Waals surface area contributed by atoms with E-state index >= 15 is 0 Å². The van der Waals surface area contributed by atoms with E-state index in [9.17, 15) is 4.79 Å². The van der Waals surface area contributed by atoms with Crippen LogP contribution in [0.4, 0.5) is 9.93 Å². The first-order valence-corrected chi connectivity index (χ1v) is 11.2. The predicted octanol–water partition coefficient (Wildman–Crippen LogP) is 5.49. The smallest absolute Gasteiger partial charge is 0.321 e. The number of nitrogens with one attached hydrogen (secondary N) is 2. The summed E-state index contributed by atoms with van der Waals surface area (Å²) in [5.74, 6) is 1.45. The van der Waals surface area contributed by atoms with E-state index in [1.54, 1.807) is 0 Å². The van der Waals surface area contributed by atoms with Gasteiger partial charge in [-0.05, 0) is 29.3 Å². The van der Waals surface area contributed by atoms with Gasteiger partial charge in [0.1, 0.15) is 13.2 Å². The highest BCUT2D eigenvalue weighted by atomic mass is 32.1. The third kappa shape index (κ3) is 4.43. The van der Waals surface area contributed by atoms with E-state index in [4.69, 9.17) is 9.47 Å². The highest BCUT2D eigenvalue weighted by Crippen LogP contribution is 2.35. The molecule has 2 amide bonds. The van der Waals surface area contributed by atoms with E-state index in [0.29, 0.717) is 24.1 Å². The summed E-state index contributed by atoms with van der Waals surface area (Å²) in [5.41, 5.74) is 3.69. The minimum absolute atomic E-state index is 0.269. The molecule has 1 aliphatic rings. The number of amides is 2. The van der Waals surface area contributed by atoms with Gasteiger partial charge < -0.3 is 14.8 Å². The molecule has 0 fully saturated rings. The molecule has 0 bridgehead atoms. The number of benzene rings is 3. The molecule has 7 heteroatoms. The van der Waals surface area contributed by atoms with Crippen LogP contribution in [-0.4, -0.2) is 24.2 Å². The Kier molecular flexibility index (Phi) is 5.72. The second-order valence-electron chi connectivity index (χ2n) is 7.25. The standard InChI is InChI=1S/C25H21N3O3S/c29-24(27-23(17-7-3-1-4-8-17)18-9-5-2-6-10-18)28-25-26-20(16-32-25)19-11-12-21-22(15-19)31-14-13-30-21/h1-12,15-16,23H,13-14H2,(H2,26,27,28,29). The fourth-order valence-corrected chi connectivity index (χ4v) is 4.30. The first-order valence-electron chi connectivity index (χ1n) is 10.3. The van der Waals surface area contributed by atoms with Crippen molar-refractivity contribution in [1.29, 1.82) is 0 Å². The molecule has 5 rings (SSSR count). The second kappa shape index (κ2) is 9.11. The van der Waals surface area contributed by atoms with Crippen LogP contribution in [0.1, 0.15) is 17.2 Å². The Hall–Kier alpha value is -3.84. The van der Waals surface area contributed by atoms with Crippen LogP contribution >= 0.6 is 11.3 Å². The van der Waals surface area contributed by atoms with Crippen molar-refractivity contribution in [1.82, 2.24) is 10.3 Å². The van der Waals surface area contributed by atoms with E-state index in [2.05, 4.69) is 15.6 Å². The maximum Gasteiger partial charge on any atom is 0.321 e. The molecule has 32 heavy (non-hydrogen) atoms. The zero-order valence-corrected chi connectivity index (χ0v) is 18.0. The largest absolute Gasteiger partial charge is 0.486 e. The Morgan fingerprint density at radius 3 is 2.22 bits per heavy atom. The minimum Gasteiger partial charge on any atom is -0.486 e. The van der Waals surface area contributed by atoms with Crippen molar-refractivity contribution in [3.8, 4) is 22.8 Å². The molecule has 0 atom stereocenters. The number of ether oxygens (including phenoxy) is 2. The first-order chi connectivity index (χ1) is 15.8. The van der Waals surface area contributed by atoms with Gasteiger partial charge in [0.05, 0.1) is 11.7 Å². The van der Waals surface area contributed by atoms with Crippen LogP contribution in [-0.2, 0) is 0 Å². The van der Waals surface area contributed by atoms with Gasteiger partial charge >= 0.3 is 6.03 Å². The van der Waals surface area contributed by atoms with Crippen LogP contribution in [0.3, 0.4) is 0 Å². The van der Waals surface area contributed by atoms with Crippen molar-refractivity contribution in [2.75, 3.05) is 18.5 Å². The van der Waals surface area contributed by atoms with E-state index in [0.717, 1.165) is 28.1 Å². The number of carbonyl (C=O) groups excluding carboxylic acids is 1. The topological polar surface area (TPSA) is 72.5 Å². The van der Waals surface area contributed by atoms with Crippen LogP contribution in [0.25, 0.3) is 11.3 Å². The maximum atomic E-state index is 12.8. The summed E-state index contributed by atoms with van der Waals surface area (Å²) in [6.07, 6.45) is 0. The monoisotopic (exact) mass is 443 g/mol. The van der Waals surface area contributed by atoms with E-state index in [1.165, 1.54) is 11.3 Å². The molecule has 3 aromatic carbocycles. The number of hydrogen-bond acceptors (Lipinski definition) is 5. The Labute approximate surface area is 189 Å². The molecule has 4 aromatic rings. The summed E-state index contributed by atoms with van der Waals surface area (Å²) in [4.78, 5) is 17.4. The van der Waals surface area contributed by atoms with Crippen LogP contribution in [0.5, 0.6) is 11.5 Å². The molecule has 0 saturated heterocycles. The van der Waals surface area contributed by atoms with Crippen LogP contribution in [0.2, 0.25) is 0 Å². The van der Waals surface area contributed by atoms with Gasteiger partial charge in [-0.1, -0.05) is 60.7 Å². The van der Waals surface area contributed by atoms with Gasteiger partial charge in [0, 0.05) is 10.9 Å². The average molecular weight is 444 g/mol. The summed E-state index contributed by atoms with van der Waals surface area (Å²) >= 11 is 1.37. The van der Waals surface area contributed by atoms with Crippen molar-refractivity contribution < 1.29 is 14.3 Å². The number of thiazole rings is 1. The number of hydrogen-bond donors (Lipinski definition) is 2. The maximum absolute atomic E-state index is 12.8. The second-order valence-corrected chi connectivity index (χ2v) is 8.11. The molecule has 2 N–H and O–H groups in total. The average Bonchev–Trinajstić information content (AvgIpc) is 3.31. The predicted molar refractivity (Wildman–Crippen MR) is 125 cm³/mol. The normalized spacial score (nSPS) is 12.4. The molecule has 0 radical (unpaired) electrons. The summed E-state index contributed by atoms with van der Waals surface area (Å²) in [5, 5.41) is 8.36. The Morgan fingerprint density at radius 2 is 1.53 bits per heavy atom. The molecule has 0 unspecified atom stereocenters. The molecule has 1 aromatic heterocycles. The third-order valence-corrected chi connectivity index (χ3v) is 5.86. The van der Waals surface area contributed by atoms with E-state index in [1.807, 2.05) is 84.2 Å². The molecular weight excluding hydrogens is 422 g/mol. The number of carbonyl (C=O) groups is 1. The number of nitrogens with zero attached hydrogens (tertiary/aromatic N) is 1. The molecule has 1 aliphatic heterocycles. The van der Waals surface area contributed by atoms with Crippen molar-refractivity contribution in [3.63, 3.8) is 0 Å². The fraction of sp³-hybridized carbons (Fsp3) is 0.120. The summed E-state index contributed by atoms with van der Waals surface area (Å²) in [7, 11) is 0. The molecule has 160 valence electrons. The number of aromatic nitrogens is 1. The van der Waals surface area contributed by atoms with Crippen molar-refractivity contribution >= 4 is 22.5 Å². The Bertz CT molecular complexity index is 1170. The third-order valence-electron chi connectivity index (χ3n) is 5.10. The zero-order valence-electron chi connectivity index (χ0n) is 17.2. The van der Waals surface area contributed by atoms with Gasteiger partial charge in [-0.15, -0.1) is 11.3 Å². The molecule has 0 aliphatic carbocycles. The molecule has 2 heterocycles. The van der Waals surface area contributed by atoms with Crippen LogP contribution in [0, 0.1) is 0 Å². The van der Waals surface area contributed by atoms with Crippen LogP contribution in [0.15, 0.2) is 84.2 Å². The summed E-state index contributed by atoms with van der Waals surface area (Å²) in [6, 6.07) is 24.9. The Balaban J connectivity index is 1.31. The van der Waals surface area contributed by atoms with Crippen molar-refractivity contribution in [3.05, 3.63) is 95.4 Å². The lowest BCUT2D eigenvalue weighted by Crippen LogP contribution is -2.33. The van der Waals surface area contributed by atoms with Crippen LogP contribution < -0.4 is 20.1 Å². The highest BCUT2D eigenvalue weighted by molar-refractivity contribution is 7.14. The Morgan fingerprint density at radius 1 is 0.875 bits per heavy atom. The summed E-state index contributed by atoms with van der Waals surface area (Å²) < 4.78 is 11.2. The number of rotatable bonds is 5. The number of anilines is 1. The van der Waals surface area contributed by atoms with Gasteiger partial charge in [-0.2, -0.15) is 0 Å². The van der Waals surface area contributed by atoms with Gasteiger partial charge in [0.2, 0.25) is 0 Å². The van der Waals surface area contributed by atoms with Crippen molar-refractivity contribution in [2.24, 2.45) is 0 Å². The summed E-state index contributed by atoms with van der Waals surface area (Å²) in [6.45, 7) is 1.09. The first kappa shape index (κ1) is 20.1. The number of fused-ring (bicyclic) bond motifs is 1. The van der Waals surface area contributed by atoms with Crippen molar-refractivity contribution in [2.45, 2.75) is 6.04 Å². The molecular formula is C25H21N3O3S. The molecule has 0 spiro atoms. The lowest BCUT2D eigenvalue weighted by atomic mass is 9.99. The van der Waals surface area contributed by atoms with Gasteiger partial charge in [-0.25, -0.2) is 9.78 Å². The lowest BCUT2D eigenvalue weighted by molar-refractivity contribution is 0.171. The zero-order chi connectivity index (χ0) is 21.8. The number of urea groups is 1. The molecule has 6 nitrogen and oxygen atoms in total. The minimum atomic E-state index is -0.314. The highest BCUT2D eigenvalue weighted by Gasteiger charge is 2.18. The van der Waals surface area contributed by atoms with E-state index in [-0.39, 0.29) is 12.1 Å². The SMILES string of the molecule is O=C(Nc1nc(-c2ccc3c(c2)OCCO3)cs1)NC(c1ccccc1)c1ccccc1. The van der Waals surface area contributed by atoms with Gasteiger partial charge in [0.15, 0.2) is 16.6 Å². The lowest BCUT2D eigenvalue weighted by Gasteiger charge is -2.19. The quantitative estimate of drug-likeness (QED) is 0.428.